The molecule has 4 nitrogen and oxygen atoms in total. The Bertz CT molecular complexity index is 671. The van der Waals surface area contributed by atoms with Gasteiger partial charge in [0.1, 0.15) is 0 Å². The van der Waals surface area contributed by atoms with E-state index in [0.29, 0.717) is 16.3 Å². The lowest BCUT2D eigenvalue weighted by molar-refractivity contribution is -0.123. The Morgan fingerprint density at radius 3 is 2.27 bits per heavy atom. The molecule has 2 aromatic rings. The maximum atomic E-state index is 12.0. The molecule has 114 valence electrons. The molecule has 1 N–H and O–H groups in total. The molecule has 0 saturated heterocycles. The summed E-state index contributed by atoms with van der Waals surface area (Å²) in [6.45, 7) is 1.52. The maximum absolute atomic E-state index is 12.0. The van der Waals surface area contributed by atoms with E-state index in [2.05, 4.69) is 21.2 Å². The third kappa shape index (κ3) is 4.58. The molecule has 0 aliphatic carbocycles. The number of benzene rings is 2. The molecule has 0 fully saturated rings. The van der Waals surface area contributed by atoms with Gasteiger partial charge in [-0.1, -0.05) is 27.5 Å². The summed E-state index contributed by atoms with van der Waals surface area (Å²) in [6.07, 6.45) is -0.910. The van der Waals surface area contributed by atoms with E-state index in [9.17, 15) is 9.59 Å². The van der Waals surface area contributed by atoms with Gasteiger partial charge in [0.2, 0.25) is 0 Å². The minimum absolute atomic E-state index is 0.340. The van der Waals surface area contributed by atoms with Crippen LogP contribution >= 0.6 is 27.5 Å². The molecular weight excluding hydrogens is 370 g/mol. The number of anilines is 1. The Kier molecular flexibility index (Phi) is 5.57. The molecule has 22 heavy (non-hydrogen) atoms. The molecule has 0 bridgehead atoms. The fourth-order valence-corrected chi connectivity index (χ4v) is 2.04. The van der Waals surface area contributed by atoms with Crippen molar-refractivity contribution in [2.45, 2.75) is 13.0 Å². The first-order chi connectivity index (χ1) is 10.5. The number of rotatable bonds is 4. The minimum atomic E-state index is -0.910. The Balaban J connectivity index is 1.94. The van der Waals surface area contributed by atoms with Crippen LogP contribution in [0.1, 0.15) is 17.3 Å². The van der Waals surface area contributed by atoms with Crippen molar-refractivity contribution in [1.29, 1.82) is 0 Å². The van der Waals surface area contributed by atoms with E-state index in [1.54, 1.807) is 48.5 Å². The number of esters is 1. The number of nitrogens with one attached hydrogen (secondary N) is 1. The molecule has 0 aliphatic heterocycles. The molecule has 1 atom stereocenters. The first kappa shape index (κ1) is 16.5. The second-order valence-electron chi connectivity index (χ2n) is 4.55. The van der Waals surface area contributed by atoms with E-state index in [4.69, 9.17) is 16.3 Å². The molecule has 2 aromatic carbocycles. The van der Waals surface area contributed by atoms with Crippen LogP contribution in [0.4, 0.5) is 5.69 Å². The predicted octanol–water partition coefficient (Wildman–Crippen LogP) is 4.29. The zero-order chi connectivity index (χ0) is 16.1. The van der Waals surface area contributed by atoms with Crippen LogP contribution in [0.25, 0.3) is 0 Å². The highest BCUT2D eigenvalue weighted by Gasteiger charge is 2.19. The van der Waals surface area contributed by atoms with Crippen LogP contribution in [-0.2, 0) is 9.53 Å². The van der Waals surface area contributed by atoms with Gasteiger partial charge in [0, 0.05) is 15.2 Å². The largest absolute Gasteiger partial charge is 0.449 e. The lowest BCUT2D eigenvalue weighted by Gasteiger charge is -2.13. The lowest BCUT2D eigenvalue weighted by Crippen LogP contribution is -2.29. The number of hydrogen-bond acceptors (Lipinski definition) is 3. The van der Waals surface area contributed by atoms with Gasteiger partial charge >= 0.3 is 5.97 Å². The number of ether oxygens (including phenoxy) is 1. The average molecular weight is 383 g/mol. The van der Waals surface area contributed by atoms with Crippen LogP contribution in [0.2, 0.25) is 5.02 Å². The number of halogens is 2. The number of carbonyl (C=O) groups excluding carboxylic acids is 2. The predicted molar refractivity (Wildman–Crippen MR) is 89.1 cm³/mol. The van der Waals surface area contributed by atoms with Crippen molar-refractivity contribution in [2.75, 3.05) is 5.32 Å². The van der Waals surface area contributed by atoms with E-state index < -0.39 is 18.0 Å². The fourth-order valence-electron chi connectivity index (χ4n) is 1.65. The van der Waals surface area contributed by atoms with Gasteiger partial charge in [0.15, 0.2) is 6.10 Å². The van der Waals surface area contributed by atoms with Gasteiger partial charge in [-0.05, 0) is 55.5 Å². The standard InChI is InChI=1S/C16H13BrClNO3/c1-10(15(20)19-14-8-4-12(17)5-9-14)22-16(21)11-2-6-13(18)7-3-11/h2-10H,1H3,(H,19,20)/t10-/m1/s1. The van der Waals surface area contributed by atoms with Crippen LogP contribution in [0, 0.1) is 0 Å². The molecular formula is C16H13BrClNO3. The van der Waals surface area contributed by atoms with Crippen molar-refractivity contribution >= 4 is 45.1 Å². The monoisotopic (exact) mass is 381 g/mol. The maximum Gasteiger partial charge on any atom is 0.338 e. The van der Waals surface area contributed by atoms with E-state index in [0.717, 1.165) is 4.47 Å². The molecule has 0 aromatic heterocycles. The van der Waals surface area contributed by atoms with Crippen molar-refractivity contribution in [3.05, 3.63) is 63.6 Å². The minimum Gasteiger partial charge on any atom is -0.449 e. The quantitative estimate of drug-likeness (QED) is 0.803. The molecule has 0 saturated carbocycles. The lowest BCUT2D eigenvalue weighted by atomic mass is 10.2. The van der Waals surface area contributed by atoms with Crippen molar-refractivity contribution in [3.63, 3.8) is 0 Å². The van der Waals surface area contributed by atoms with Crippen molar-refractivity contribution < 1.29 is 14.3 Å². The van der Waals surface area contributed by atoms with Crippen molar-refractivity contribution in [2.24, 2.45) is 0 Å². The van der Waals surface area contributed by atoms with Gasteiger partial charge in [-0.15, -0.1) is 0 Å². The van der Waals surface area contributed by atoms with Crippen LogP contribution < -0.4 is 5.32 Å². The topological polar surface area (TPSA) is 55.4 Å². The van der Waals surface area contributed by atoms with E-state index in [1.807, 2.05) is 0 Å². The Morgan fingerprint density at radius 1 is 1.09 bits per heavy atom. The summed E-state index contributed by atoms with van der Waals surface area (Å²) in [5.41, 5.74) is 0.968. The van der Waals surface area contributed by atoms with E-state index in [-0.39, 0.29) is 0 Å². The van der Waals surface area contributed by atoms with Gasteiger partial charge in [-0.2, -0.15) is 0 Å². The van der Waals surface area contributed by atoms with E-state index >= 15 is 0 Å². The molecule has 0 heterocycles. The fraction of sp³-hybridized carbons (Fsp3) is 0.125. The molecule has 0 spiro atoms. The summed E-state index contributed by atoms with van der Waals surface area (Å²) in [7, 11) is 0. The third-order valence-electron chi connectivity index (χ3n) is 2.84. The Labute approximate surface area is 141 Å². The molecule has 1 amide bonds. The highest BCUT2D eigenvalue weighted by Crippen LogP contribution is 2.15. The smallest absolute Gasteiger partial charge is 0.338 e. The Morgan fingerprint density at radius 2 is 1.68 bits per heavy atom. The van der Waals surface area contributed by atoms with Crippen LogP contribution in [-0.4, -0.2) is 18.0 Å². The van der Waals surface area contributed by atoms with Crippen LogP contribution in [0.5, 0.6) is 0 Å². The molecule has 0 aliphatic rings. The number of hydrogen-bond donors (Lipinski definition) is 1. The normalized spacial score (nSPS) is 11.6. The number of carbonyl (C=O) groups is 2. The molecule has 2 rings (SSSR count). The molecule has 0 radical (unpaired) electrons. The average Bonchev–Trinajstić information content (AvgIpc) is 2.50. The third-order valence-corrected chi connectivity index (χ3v) is 3.63. The van der Waals surface area contributed by atoms with Crippen molar-refractivity contribution in [1.82, 2.24) is 0 Å². The number of amides is 1. The van der Waals surface area contributed by atoms with E-state index in [1.165, 1.54) is 6.92 Å². The highest BCUT2D eigenvalue weighted by atomic mass is 79.9. The first-order valence-corrected chi connectivity index (χ1v) is 7.66. The Hall–Kier alpha value is -1.85. The summed E-state index contributed by atoms with van der Waals surface area (Å²) >= 11 is 9.07. The summed E-state index contributed by atoms with van der Waals surface area (Å²) in [4.78, 5) is 23.9. The zero-order valence-electron chi connectivity index (χ0n) is 11.7. The summed E-state index contributed by atoms with van der Waals surface area (Å²) < 4.78 is 6.04. The van der Waals surface area contributed by atoms with Crippen LogP contribution in [0.15, 0.2) is 53.0 Å². The van der Waals surface area contributed by atoms with Gasteiger partial charge in [0.05, 0.1) is 5.56 Å². The highest BCUT2D eigenvalue weighted by molar-refractivity contribution is 9.10. The second-order valence-corrected chi connectivity index (χ2v) is 5.90. The van der Waals surface area contributed by atoms with Gasteiger partial charge in [-0.3, -0.25) is 4.79 Å². The van der Waals surface area contributed by atoms with Gasteiger partial charge in [-0.25, -0.2) is 4.79 Å². The van der Waals surface area contributed by atoms with Crippen molar-refractivity contribution in [3.8, 4) is 0 Å². The molecule has 0 unspecified atom stereocenters. The molecule has 6 heteroatoms. The van der Waals surface area contributed by atoms with Gasteiger partial charge < -0.3 is 10.1 Å². The zero-order valence-corrected chi connectivity index (χ0v) is 14.0. The van der Waals surface area contributed by atoms with Crippen LogP contribution in [0.3, 0.4) is 0 Å². The van der Waals surface area contributed by atoms with Gasteiger partial charge in [0.25, 0.3) is 5.91 Å². The first-order valence-electron chi connectivity index (χ1n) is 6.48. The SMILES string of the molecule is C[C@@H](OC(=O)c1ccc(Cl)cc1)C(=O)Nc1ccc(Br)cc1. The summed E-state index contributed by atoms with van der Waals surface area (Å²) in [6, 6.07) is 13.4. The second kappa shape index (κ2) is 7.42. The summed E-state index contributed by atoms with van der Waals surface area (Å²) in [5.74, 6) is -0.972. The summed E-state index contributed by atoms with van der Waals surface area (Å²) in [5, 5.41) is 3.20.